The predicted octanol–water partition coefficient (Wildman–Crippen LogP) is 3.18. The van der Waals surface area contributed by atoms with Crippen molar-refractivity contribution in [2.24, 2.45) is 0 Å². The summed E-state index contributed by atoms with van der Waals surface area (Å²) < 4.78 is 5.56. The lowest BCUT2D eigenvalue weighted by atomic mass is 10.3. The Labute approximate surface area is 152 Å². The van der Waals surface area contributed by atoms with Crippen molar-refractivity contribution in [3.8, 4) is 5.75 Å². The highest BCUT2D eigenvalue weighted by molar-refractivity contribution is 6.30. The summed E-state index contributed by atoms with van der Waals surface area (Å²) in [5.74, 6) is 0.651. The van der Waals surface area contributed by atoms with E-state index >= 15 is 0 Å². The van der Waals surface area contributed by atoms with Gasteiger partial charge in [-0.15, -0.1) is 0 Å². The zero-order chi connectivity index (χ0) is 18.2. The first-order valence-electron chi connectivity index (χ1n) is 8.15. The van der Waals surface area contributed by atoms with E-state index in [1.54, 1.807) is 30.3 Å². The molecule has 2 rings (SSSR count). The van der Waals surface area contributed by atoms with Crippen LogP contribution in [0.3, 0.4) is 0 Å². The van der Waals surface area contributed by atoms with Gasteiger partial charge in [0.05, 0.1) is 5.69 Å². The molecule has 0 aliphatic heterocycles. The second-order valence-corrected chi connectivity index (χ2v) is 6.44. The van der Waals surface area contributed by atoms with Gasteiger partial charge in [-0.3, -0.25) is 4.79 Å². The van der Waals surface area contributed by atoms with Crippen molar-refractivity contribution in [3.05, 3.63) is 63.8 Å². The molecule has 6 heteroatoms. The van der Waals surface area contributed by atoms with Crippen LogP contribution in [0, 0.1) is 0 Å². The fourth-order valence-electron chi connectivity index (χ4n) is 2.06. The highest BCUT2D eigenvalue weighted by Gasteiger charge is 2.06. The van der Waals surface area contributed by atoms with Gasteiger partial charge < -0.3 is 20.5 Å². The van der Waals surface area contributed by atoms with E-state index < -0.39 is 6.10 Å². The topological polar surface area (TPSA) is 70.6 Å². The van der Waals surface area contributed by atoms with E-state index in [0.29, 0.717) is 29.0 Å². The van der Waals surface area contributed by atoms with E-state index in [4.69, 9.17) is 16.3 Å². The van der Waals surface area contributed by atoms with Crippen molar-refractivity contribution in [1.29, 1.82) is 0 Å². The standard InChI is InChI=1S/C19H23ClN2O3/c1-13(2)21-11-16(23)12-25-17-7-5-15(6-8-17)22-18-9-3-14(20)4-10-19(18)24/h3-10,13,16,21,23H,11-12H2,1-2H3,(H,22,24). The van der Waals surface area contributed by atoms with Crippen molar-refractivity contribution in [1.82, 2.24) is 5.32 Å². The summed E-state index contributed by atoms with van der Waals surface area (Å²) in [5.41, 5.74) is 1.05. The zero-order valence-electron chi connectivity index (χ0n) is 14.3. The Morgan fingerprint density at radius 3 is 2.44 bits per heavy atom. The van der Waals surface area contributed by atoms with E-state index in [-0.39, 0.29) is 12.0 Å². The number of aliphatic hydroxyl groups is 1. The molecule has 0 aliphatic rings. The first-order valence-corrected chi connectivity index (χ1v) is 8.53. The van der Waals surface area contributed by atoms with Gasteiger partial charge in [0.15, 0.2) is 0 Å². The number of aliphatic hydroxyl groups excluding tert-OH is 1. The third-order valence-electron chi connectivity index (χ3n) is 3.41. The largest absolute Gasteiger partial charge is 0.491 e. The predicted molar refractivity (Wildman–Crippen MR) is 102 cm³/mol. The first kappa shape index (κ1) is 19.2. The van der Waals surface area contributed by atoms with Gasteiger partial charge >= 0.3 is 0 Å². The van der Waals surface area contributed by atoms with Crippen LogP contribution >= 0.6 is 11.6 Å². The maximum absolute atomic E-state index is 12.0. The fourth-order valence-corrected chi connectivity index (χ4v) is 2.19. The molecular formula is C19H23ClN2O3. The summed E-state index contributed by atoms with van der Waals surface area (Å²) in [7, 11) is 0. The number of benzene rings is 1. The molecule has 0 saturated heterocycles. The second-order valence-electron chi connectivity index (χ2n) is 6.01. The van der Waals surface area contributed by atoms with Crippen LogP contribution in [0.2, 0.25) is 5.02 Å². The number of hydrogen-bond acceptors (Lipinski definition) is 5. The Balaban J connectivity index is 1.92. The van der Waals surface area contributed by atoms with E-state index in [1.165, 1.54) is 6.07 Å². The number of halogens is 1. The molecule has 2 aromatic carbocycles. The monoisotopic (exact) mass is 362 g/mol. The third-order valence-corrected chi connectivity index (χ3v) is 3.66. The normalized spacial score (nSPS) is 12.0. The van der Waals surface area contributed by atoms with E-state index in [2.05, 4.69) is 10.6 Å². The van der Waals surface area contributed by atoms with Gasteiger partial charge in [0, 0.05) is 23.3 Å². The molecule has 25 heavy (non-hydrogen) atoms. The molecule has 0 radical (unpaired) electrons. The van der Waals surface area contributed by atoms with E-state index in [1.807, 2.05) is 26.0 Å². The number of nitrogens with one attached hydrogen (secondary N) is 2. The summed E-state index contributed by atoms with van der Waals surface area (Å²) in [6.07, 6.45) is -0.572. The van der Waals surface area contributed by atoms with Gasteiger partial charge in [-0.05, 0) is 48.5 Å². The highest BCUT2D eigenvalue weighted by Crippen LogP contribution is 2.19. The van der Waals surface area contributed by atoms with Crippen molar-refractivity contribution in [2.45, 2.75) is 26.0 Å². The van der Waals surface area contributed by atoms with E-state index in [0.717, 1.165) is 5.69 Å². The van der Waals surface area contributed by atoms with Crippen LogP contribution < -0.4 is 20.8 Å². The quantitative estimate of drug-likeness (QED) is 0.672. The Bertz CT molecular complexity index is 735. The lowest BCUT2D eigenvalue weighted by Crippen LogP contribution is -2.35. The van der Waals surface area contributed by atoms with Crippen LogP contribution in [-0.2, 0) is 0 Å². The van der Waals surface area contributed by atoms with Crippen molar-refractivity contribution in [2.75, 3.05) is 18.5 Å². The molecule has 0 heterocycles. The number of anilines is 2. The van der Waals surface area contributed by atoms with Crippen LogP contribution in [0.5, 0.6) is 5.75 Å². The molecular weight excluding hydrogens is 340 g/mol. The smallest absolute Gasteiger partial charge is 0.202 e. The second kappa shape index (κ2) is 9.42. The maximum atomic E-state index is 12.0. The SMILES string of the molecule is CC(C)NCC(O)COc1ccc(Nc2ccc(Cl)ccc2=O)cc1. The molecule has 5 nitrogen and oxygen atoms in total. The molecule has 0 fully saturated rings. The number of rotatable bonds is 8. The van der Waals surface area contributed by atoms with Crippen LogP contribution in [0.15, 0.2) is 53.3 Å². The van der Waals surface area contributed by atoms with Gasteiger partial charge in [-0.1, -0.05) is 25.4 Å². The van der Waals surface area contributed by atoms with Crippen LogP contribution in [0.4, 0.5) is 11.4 Å². The third kappa shape index (κ3) is 6.74. The minimum atomic E-state index is -0.572. The lowest BCUT2D eigenvalue weighted by molar-refractivity contribution is 0.104. The molecule has 3 N–H and O–H groups in total. The summed E-state index contributed by atoms with van der Waals surface area (Å²) in [6, 6.07) is 13.8. The average molecular weight is 363 g/mol. The van der Waals surface area contributed by atoms with Crippen molar-refractivity contribution < 1.29 is 9.84 Å². The Morgan fingerprint density at radius 1 is 1.08 bits per heavy atom. The van der Waals surface area contributed by atoms with Gasteiger partial charge in [-0.2, -0.15) is 0 Å². The molecule has 0 amide bonds. The Kier molecular flexibility index (Phi) is 7.25. The van der Waals surface area contributed by atoms with Crippen LogP contribution in [0.25, 0.3) is 0 Å². The van der Waals surface area contributed by atoms with Crippen LogP contribution in [0.1, 0.15) is 13.8 Å². The Morgan fingerprint density at radius 2 is 1.76 bits per heavy atom. The van der Waals surface area contributed by atoms with Crippen molar-refractivity contribution in [3.63, 3.8) is 0 Å². The summed E-state index contributed by atoms with van der Waals surface area (Å²) in [5, 5.41) is 16.5. The molecule has 0 aliphatic carbocycles. The molecule has 1 atom stereocenters. The minimum Gasteiger partial charge on any atom is -0.491 e. The summed E-state index contributed by atoms with van der Waals surface area (Å²) in [4.78, 5) is 12.0. The van der Waals surface area contributed by atoms with Gasteiger partial charge in [0.2, 0.25) is 5.43 Å². The molecule has 0 saturated carbocycles. The lowest BCUT2D eigenvalue weighted by Gasteiger charge is -2.15. The number of hydrogen-bond donors (Lipinski definition) is 3. The molecule has 2 aromatic rings. The summed E-state index contributed by atoms with van der Waals surface area (Å²) >= 11 is 5.88. The zero-order valence-corrected chi connectivity index (χ0v) is 15.1. The van der Waals surface area contributed by atoms with Gasteiger partial charge in [0.1, 0.15) is 18.5 Å². The number of ether oxygens (including phenoxy) is 1. The van der Waals surface area contributed by atoms with Crippen molar-refractivity contribution >= 4 is 23.0 Å². The molecule has 1 unspecified atom stereocenters. The molecule has 0 bridgehead atoms. The van der Waals surface area contributed by atoms with E-state index in [9.17, 15) is 9.90 Å². The maximum Gasteiger partial charge on any atom is 0.202 e. The average Bonchev–Trinajstić information content (AvgIpc) is 2.75. The molecule has 134 valence electrons. The van der Waals surface area contributed by atoms with Crippen LogP contribution in [-0.4, -0.2) is 30.4 Å². The minimum absolute atomic E-state index is 0.145. The molecule has 0 spiro atoms. The van der Waals surface area contributed by atoms with Gasteiger partial charge in [-0.25, -0.2) is 0 Å². The summed E-state index contributed by atoms with van der Waals surface area (Å²) in [6.45, 7) is 4.74. The fraction of sp³-hybridized carbons (Fsp3) is 0.316. The molecule has 0 aromatic heterocycles. The highest BCUT2D eigenvalue weighted by atomic mass is 35.5. The first-order chi connectivity index (χ1) is 11.9. The van der Waals surface area contributed by atoms with Gasteiger partial charge in [0.25, 0.3) is 0 Å². The Hall–Kier alpha value is -2.08.